The van der Waals surface area contributed by atoms with Crippen molar-refractivity contribution in [3.8, 4) is 0 Å². The summed E-state index contributed by atoms with van der Waals surface area (Å²) in [5.74, 6) is 0.493. The van der Waals surface area contributed by atoms with Crippen LogP contribution < -0.4 is 11.1 Å². The first-order valence-corrected chi connectivity index (χ1v) is 5.64. The van der Waals surface area contributed by atoms with Crippen LogP contribution in [0.1, 0.15) is 32.6 Å². The lowest BCUT2D eigenvalue weighted by Gasteiger charge is -2.37. The van der Waals surface area contributed by atoms with Gasteiger partial charge >= 0.3 is 0 Å². The molecule has 0 spiro atoms. The highest BCUT2D eigenvalue weighted by atomic mass is 16.5. The topological polar surface area (TPSA) is 64.3 Å². The first kappa shape index (κ1) is 12.5. The van der Waals surface area contributed by atoms with E-state index in [1.807, 2.05) is 0 Å². The number of hydrogen-bond acceptors (Lipinski definition) is 3. The van der Waals surface area contributed by atoms with Crippen molar-refractivity contribution < 1.29 is 9.53 Å². The Labute approximate surface area is 91.5 Å². The molecular formula is C11H22N2O2. The third kappa shape index (κ3) is 3.18. The lowest BCUT2D eigenvalue weighted by Crippen LogP contribution is -2.57. The van der Waals surface area contributed by atoms with Crippen LogP contribution in [0.5, 0.6) is 0 Å². The smallest absolute Gasteiger partial charge is 0.237 e. The lowest BCUT2D eigenvalue weighted by atomic mass is 9.76. The number of nitrogens with one attached hydrogen (secondary N) is 1. The summed E-state index contributed by atoms with van der Waals surface area (Å²) >= 11 is 0. The van der Waals surface area contributed by atoms with Crippen LogP contribution in [0.25, 0.3) is 0 Å². The molecule has 0 aromatic rings. The molecule has 88 valence electrons. The molecule has 0 saturated heterocycles. The van der Waals surface area contributed by atoms with E-state index < -0.39 is 5.54 Å². The van der Waals surface area contributed by atoms with Gasteiger partial charge in [0.05, 0.1) is 12.1 Å². The molecule has 0 unspecified atom stereocenters. The van der Waals surface area contributed by atoms with Crippen molar-refractivity contribution in [1.29, 1.82) is 0 Å². The van der Waals surface area contributed by atoms with Crippen LogP contribution >= 0.6 is 0 Å². The molecule has 1 aliphatic rings. The zero-order valence-electron chi connectivity index (χ0n) is 9.71. The minimum Gasteiger partial charge on any atom is -0.383 e. The Morgan fingerprint density at radius 2 is 2.13 bits per heavy atom. The zero-order valence-corrected chi connectivity index (χ0v) is 9.71. The van der Waals surface area contributed by atoms with Gasteiger partial charge in [-0.15, -0.1) is 0 Å². The first-order valence-electron chi connectivity index (χ1n) is 5.64. The van der Waals surface area contributed by atoms with Gasteiger partial charge in [0.2, 0.25) is 5.91 Å². The normalized spacial score (nSPS) is 31.5. The predicted octanol–water partition coefficient (Wildman–Crippen LogP) is 0.657. The van der Waals surface area contributed by atoms with Crippen molar-refractivity contribution in [1.82, 2.24) is 5.32 Å². The van der Waals surface area contributed by atoms with Crippen LogP contribution in [0.15, 0.2) is 0 Å². The second-order valence-corrected chi connectivity index (χ2v) is 4.55. The average Bonchev–Trinajstić information content (AvgIpc) is 2.21. The van der Waals surface area contributed by atoms with Crippen molar-refractivity contribution in [3.05, 3.63) is 0 Å². The minimum atomic E-state index is -0.481. The molecule has 15 heavy (non-hydrogen) atoms. The van der Waals surface area contributed by atoms with Crippen molar-refractivity contribution in [2.24, 2.45) is 11.7 Å². The summed E-state index contributed by atoms with van der Waals surface area (Å²) in [7, 11) is 1.65. The SMILES string of the molecule is COCCNC1(C(N)=O)CCC(C)CC1. The summed E-state index contributed by atoms with van der Waals surface area (Å²) in [5.41, 5.74) is 5.01. The van der Waals surface area contributed by atoms with Gasteiger partial charge < -0.3 is 15.8 Å². The summed E-state index contributed by atoms with van der Waals surface area (Å²) < 4.78 is 4.96. The Hall–Kier alpha value is -0.610. The summed E-state index contributed by atoms with van der Waals surface area (Å²) in [6.45, 7) is 3.53. The van der Waals surface area contributed by atoms with E-state index in [1.54, 1.807) is 7.11 Å². The summed E-state index contributed by atoms with van der Waals surface area (Å²) in [6, 6.07) is 0. The van der Waals surface area contributed by atoms with Gasteiger partial charge in [0.25, 0.3) is 0 Å². The number of hydrogen-bond donors (Lipinski definition) is 2. The van der Waals surface area contributed by atoms with Crippen LogP contribution in [0.4, 0.5) is 0 Å². The number of ether oxygens (including phenoxy) is 1. The third-order valence-electron chi connectivity index (χ3n) is 3.37. The number of methoxy groups -OCH3 is 1. The molecule has 0 bridgehead atoms. The molecule has 4 heteroatoms. The van der Waals surface area contributed by atoms with Crippen LogP contribution in [-0.4, -0.2) is 31.7 Å². The third-order valence-corrected chi connectivity index (χ3v) is 3.37. The molecule has 1 rings (SSSR count). The van der Waals surface area contributed by atoms with Crippen LogP contribution in [0.2, 0.25) is 0 Å². The van der Waals surface area contributed by atoms with E-state index in [0.29, 0.717) is 19.1 Å². The molecule has 1 amide bonds. The number of nitrogens with two attached hydrogens (primary N) is 1. The molecule has 0 radical (unpaired) electrons. The van der Waals surface area contributed by atoms with Gasteiger partial charge in [-0.1, -0.05) is 6.92 Å². The molecule has 3 N–H and O–H groups in total. The van der Waals surface area contributed by atoms with E-state index >= 15 is 0 Å². The fraction of sp³-hybridized carbons (Fsp3) is 0.909. The van der Waals surface area contributed by atoms with Gasteiger partial charge in [0.15, 0.2) is 0 Å². The number of carbonyl (C=O) groups excluding carboxylic acids is 1. The maximum absolute atomic E-state index is 11.5. The maximum atomic E-state index is 11.5. The molecule has 0 aliphatic heterocycles. The predicted molar refractivity (Wildman–Crippen MR) is 59.4 cm³/mol. The minimum absolute atomic E-state index is 0.217. The highest BCUT2D eigenvalue weighted by Gasteiger charge is 2.38. The Balaban J connectivity index is 2.51. The van der Waals surface area contributed by atoms with Crippen LogP contribution in [0.3, 0.4) is 0 Å². The van der Waals surface area contributed by atoms with Crippen molar-refractivity contribution >= 4 is 5.91 Å². The quantitative estimate of drug-likeness (QED) is 0.661. The molecule has 0 atom stereocenters. The molecular weight excluding hydrogens is 192 g/mol. The molecule has 1 fully saturated rings. The van der Waals surface area contributed by atoms with Crippen LogP contribution in [-0.2, 0) is 9.53 Å². The van der Waals surface area contributed by atoms with Crippen LogP contribution in [0, 0.1) is 5.92 Å². The van der Waals surface area contributed by atoms with Crippen molar-refractivity contribution in [2.75, 3.05) is 20.3 Å². The Bertz CT molecular complexity index is 211. The van der Waals surface area contributed by atoms with Gasteiger partial charge in [-0.25, -0.2) is 0 Å². The second kappa shape index (κ2) is 5.47. The second-order valence-electron chi connectivity index (χ2n) is 4.55. The summed E-state index contributed by atoms with van der Waals surface area (Å²) in [6.07, 6.45) is 3.85. The Morgan fingerprint density at radius 3 is 2.60 bits per heavy atom. The van der Waals surface area contributed by atoms with Gasteiger partial charge in [-0.2, -0.15) is 0 Å². The standard InChI is InChI=1S/C11H22N2O2/c1-9-3-5-11(6-4-9,10(12)14)13-7-8-15-2/h9,13H,3-8H2,1-2H3,(H2,12,14). The zero-order chi connectivity index (χ0) is 11.3. The van der Waals surface area contributed by atoms with Gasteiger partial charge in [-0.05, 0) is 31.6 Å². The molecule has 0 aromatic heterocycles. The lowest BCUT2D eigenvalue weighted by molar-refractivity contribution is -0.126. The molecule has 0 aromatic carbocycles. The van der Waals surface area contributed by atoms with E-state index in [0.717, 1.165) is 25.7 Å². The number of primary amides is 1. The van der Waals surface area contributed by atoms with E-state index in [-0.39, 0.29) is 5.91 Å². The molecule has 1 aliphatic carbocycles. The highest BCUT2D eigenvalue weighted by molar-refractivity contribution is 5.84. The monoisotopic (exact) mass is 214 g/mol. The Morgan fingerprint density at radius 1 is 1.53 bits per heavy atom. The van der Waals surface area contributed by atoms with Crippen molar-refractivity contribution in [2.45, 2.75) is 38.1 Å². The van der Waals surface area contributed by atoms with E-state index in [9.17, 15) is 4.79 Å². The van der Waals surface area contributed by atoms with Gasteiger partial charge in [0.1, 0.15) is 0 Å². The van der Waals surface area contributed by atoms with Gasteiger partial charge in [0, 0.05) is 13.7 Å². The molecule has 0 heterocycles. The molecule has 1 saturated carbocycles. The maximum Gasteiger partial charge on any atom is 0.237 e. The number of carbonyl (C=O) groups is 1. The number of amides is 1. The molecule has 4 nitrogen and oxygen atoms in total. The van der Waals surface area contributed by atoms with E-state index in [2.05, 4.69) is 12.2 Å². The Kier molecular flexibility index (Phi) is 4.54. The van der Waals surface area contributed by atoms with Crippen molar-refractivity contribution in [3.63, 3.8) is 0 Å². The average molecular weight is 214 g/mol. The summed E-state index contributed by atoms with van der Waals surface area (Å²) in [5, 5.41) is 3.26. The van der Waals surface area contributed by atoms with E-state index in [1.165, 1.54) is 0 Å². The largest absolute Gasteiger partial charge is 0.383 e. The number of rotatable bonds is 5. The highest BCUT2D eigenvalue weighted by Crippen LogP contribution is 2.31. The first-order chi connectivity index (χ1) is 7.10. The van der Waals surface area contributed by atoms with Gasteiger partial charge in [-0.3, -0.25) is 4.79 Å². The summed E-state index contributed by atoms with van der Waals surface area (Å²) in [4.78, 5) is 11.5. The van der Waals surface area contributed by atoms with E-state index in [4.69, 9.17) is 10.5 Å². The fourth-order valence-electron chi connectivity index (χ4n) is 2.16. The fourth-order valence-corrected chi connectivity index (χ4v) is 2.16.